The van der Waals surface area contributed by atoms with Crippen molar-refractivity contribution in [2.75, 3.05) is 13.2 Å². The summed E-state index contributed by atoms with van der Waals surface area (Å²) in [6.07, 6.45) is 2.30. The van der Waals surface area contributed by atoms with Gasteiger partial charge in [0.05, 0.1) is 6.61 Å². The summed E-state index contributed by atoms with van der Waals surface area (Å²) in [5.74, 6) is -0.937. The summed E-state index contributed by atoms with van der Waals surface area (Å²) in [6, 6.07) is 5.74. The van der Waals surface area contributed by atoms with Crippen LogP contribution >= 0.6 is 15.9 Å². The summed E-state index contributed by atoms with van der Waals surface area (Å²) in [7, 11) is 0. The fourth-order valence-corrected chi connectivity index (χ4v) is 2.01. The monoisotopic (exact) mass is 341 g/mol. The zero-order valence-electron chi connectivity index (χ0n) is 10.8. The van der Waals surface area contributed by atoms with Crippen molar-refractivity contribution in [1.29, 1.82) is 0 Å². The largest absolute Gasteiger partial charge is 0.479 e. The number of amides is 1. The molecule has 0 aromatic heterocycles. The standard InChI is InChI=1S/C14H16BrNO4/c15-11-5-3-10(4-6-11)13(14(18)19)16-12(17)8-20-7-9-1-2-9/h3-6,9,13H,1-2,7-8H2,(H,16,17)(H,18,19). The van der Waals surface area contributed by atoms with Crippen molar-refractivity contribution in [3.05, 3.63) is 34.3 Å². The van der Waals surface area contributed by atoms with Crippen LogP contribution in [0.2, 0.25) is 0 Å². The molecule has 1 aromatic rings. The number of carboxylic acids is 1. The molecule has 2 N–H and O–H groups in total. The van der Waals surface area contributed by atoms with Crippen molar-refractivity contribution in [1.82, 2.24) is 5.32 Å². The van der Waals surface area contributed by atoms with Gasteiger partial charge >= 0.3 is 5.97 Å². The van der Waals surface area contributed by atoms with Crippen LogP contribution in [-0.2, 0) is 14.3 Å². The number of carbonyl (C=O) groups is 2. The Bertz CT molecular complexity index is 484. The van der Waals surface area contributed by atoms with Crippen LogP contribution in [0.25, 0.3) is 0 Å². The maximum Gasteiger partial charge on any atom is 0.330 e. The van der Waals surface area contributed by atoms with Gasteiger partial charge in [0.1, 0.15) is 6.61 Å². The van der Waals surface area contributed by atoms with Crippen LogP contribution in [0.4, 0.5) is 0 Å². The third-order valence-electron chi connectivity index (χ3n) is 3.04. The second kappa shape index (κ2) is 6.85. The Morgan fingerprint density at radius 2 is 2.00 bits per heavy atom. The first-order valence-electron chi connectivity index (χ1n) is 6.41. The predicted octanol–water partition coefficient (Wildman–Crippen LogP) is 2.12. The van der Waals surface area contributed by atoms with Crippen LogP contribution < -0.4 is 5.32 Å². The molecule has 108 valence electrons. The van der Waals surface area contributed by atoms with E-state index in [0.29, 0.717) is 18.1 Å². The fraction of sp³-hybridized carbons (Fsp3) is 0.429. The quantitative estimate of drug-likeness (QED) is 0.796. The SMILES string of the molecule is O=C(COCC1CC1)NC(C(=O)O)c1ccc(Br)cc1. The van der Waals surface area contributed by atoms with Crippen molar-refractivity contribution in [2.45, 2.75) is 18.9 Å². The summed E-state index contributed by atoms with van der Waals surface area (Å²) < 4.78 is 6.09. The van der Waals surface area contributed by atoms with Gasteiger partial charge in [-0.1, -0.05) is 28.1 Å². The van der Waals surface area contributed by atoms with E-state index < -0.39 is 17.9 Å². The van der Waals surface area contributed by atoms with Gasteiger partial charge in [-0.3, -0.25) is 4.79 Å². The van der Waals surface area contributed by atoms with Gasteiger partial charge in [0.15, 0.2) is 6.04 Å². The number of halogens is 1. The fourth-order valence-electron chi connectivity index (χ4n) is 1.75. The van der Waals surface area contributed by atoms with Gasteiger partial charge in [-0.25, -0.2) is 4.79 Å². The molecule has 0 radical (unpaired) electrons. The number of hydrogen-bond acceptors (Lipinski definition) is 3. The van der Waals surface area contributed by atoms with E-state index in [0.717, 1.165) is 17.3 Å². The first kappa shape index (κ1) is 15.0. The highest BCUT2D eigenvalue weighted by atomic mass is 79.9. The van der Waals surface area contributed by atoms with Crippen LogP contribution in [0.3, 0.4) is 0 Å². The number of rotatable bonds is 7. The van der Waals surface area contributed by atoms with E-state index in [2.05, 4.69) is 21.2 Å². The summed E-state index contributed by atoms with van der Waals surface area (Å²) in [4.78, 5) is 22.9. The van der Waals surface area contributed by atoms with Gasteiger partial charge in [-0.2, -0.15) is 0 Å². The van der Waals surface area contributed by atoms with Crippen LogP contribution in [-0.4, -0.2) is 30.2 Å². The number of aliphatic carboxylic acids is 1. The predicted molar refractivity (Wildman–Crippen MR) is 76.2 cm³/mol. The molecule has 0 aliphatic heterocycles. The second-order valence-electron chi connectivity index (χ2n) is 4.85. The Morgan fingerprint density at radius 3 is 2.55 bits per heavy atom. The molecule has 20 heavy (non-hydrogen) atoms. The van der Waals surface area contributed by atoms with E-state index in [1.807, 2.05) is 0 Å². The lowest BCUT2D eigenvalue weighted by molar-refractivity contribution is -0.142. The van der Waals surface area contributed by atoms with Crippen molar-refractivity contribution < 1.29 is 19.4 Å². The van der Waals surface area contributed by atoms with Gasteiger partial charge in [0, 0.05) is 4.47 Å². The topological polar surface area (TPSA) is 75.6 Å². The summed E-state index contributed by atoms with van der Waals surface area (Å²) in [5.41, 5.74) is 0.524. The molecule has 0 bridgehead atoms. The molecule has 1 fully saturated rings. The van der Waals surface area contributed by atoms with Crippen LogP contribution in [0.15, 0.2) is 28.7 Å². The Morgan fingerprint density at radius 1 is 1.35 bits per heavy atom. The number of nitrogens with one attached hydrogen (secondary N) is 1. The molecule has 1 amide bonds. The molecule has 5 nitrogen and oxygen atoms in total. The van der Waals surface area contributed by atoms with Crippen molar-refractivity contribution in [3.8, 4) is 0 Å². The molecule has 1 aromatic carbocycles. The average molecular weight is 342 g/mol. The molecule has 1 aliphatic carbocycles. The highest BCUT2D eigenvalue weighted by Gasteiger charge is 2.24. The minimum absolute atomic E-state index is 0.100. The van der Waals surface area contributed by atoms with Crippen LogP contribution in [0.1, 0.15) is 24.4 Å². The molecule has 6 heteroatoms. The summed E-state index contributed by atoms with van der Waals surface area (Å²) in [5, 5.41) is 11.7. The van der Waals surface area contributed by atoms with Gasteiger partial charge in [0.25, 0.3) is 0 Å². The summed E-state index contributed by atoms with van der Waals surface area (Å²) >= 11 is 3.28. The van der Waals surface area contributed by atoms with Gasteiger partial charge in [-0.15, -0.1) is 0 Å². The molecule has 1 unspecified atom stereocenters. The molecule has 1 aliphatic rings. The number of carbonyl (C=O) groups excluding carboxylic acids is 1. The third-order valence-corrected chi connectivity index (χ3v) is 3.57. The van der Waals surface area contributed by atoms with E-state index in [4.69, 9.17) is 4.74 Å². The average Bonchev–Trinajstić information content (AvgIpc) is 3.21. The number of benzene rings is 1. The second-order valence-corrected chi connectivity index (χ2v) is 5.76. The lowest BCUT2D eigenvalue weighted by Gasteiger charge is -2.15. The normalized spacial score (nSPS) is 15.7. The minimum Gasteiger partial charge on any atom is -0.479 e. The Labute approximate surface area is 125 Å². The molecule has 0 heterocycles. The lowest BCUT2D eigenvalue weighted by Crippen LogP contribution is -2.36. The zero-order valence-corrected chi connectivity index (χ0v) is 12.4. The highest BCUT2D eigenvalue weighted by Crippen LogP contribution is 2.28. The molecule has 0 saturated heterocycles. The Kier molecular flexibility index (Phi) is 5.14. The number of hydrogen-bond donors (Lipinski definition) is 2. The maximum absolute atomic E-state index is 11.7. The van der Waals surface area contributed by atoms with E-state index in [-0.39, 0.29) is 6.61 Å². The lowest BCUT2D eigenvalue weighted by atomic mass is 10.1. The van der Waals surface area contributed by atoms with E-state index in [1.165, 1.54) is 0 Å². The smallest absolute Gasteiger partial charge is 0.330 e. The molecule has 0 spiro atoms. The van der Waals surface area contributed by atoms with Gasteiger partial charge < -0.3 is 15.2 Å². The third kappa shape index (κ3) is 4.61. The summed E-state index contributed by atoms with van der Waals surface area (Å²) in [6.45, 7) is 0.472. The number of carboxylic acid groups (broad SMARTS) is 1. The van der Waals surface area contributed by atoms with Crippen molar-refractivity contribution in [2.24, 2.45) is 5.92 Å². The maximum atomic E-state index is 11.7. The zero-order chi connectivity index (χ0) is 14.5. The van der Waals surface area contributed by atoms with E-state index in [9.17, 15) is 14.7 Å². The van der Waals surface area contributed by atoms with Crippen molar-refractivity contribution >= 4 is 27.8 Å². The van der Waals surface area contributed by atoms with Gasteiger partial charge in [0.2, 0.25) is 5.91 Å². The molecule has 1 atom stereocenters. The first-order valence-corrected chi connectivity index (χ1v) is 7.21. The van der Waals surface area contributed by atoms with Crippen LogP contribution in [0, 0.1) is 5.92 Å². The van der Waals surface area contributed by atoms with Crippen molar-refractivity contribution in [3.63, 3.8) is 0 Å². The molecular weight excluding hydrogens is 326 g/mol. The Balaban J connectivity index is 1.89. The highest BCUT2D eigenvalue weighted by molar-refractivity contribution is 9.10. The van der Waals surface area contributed by atoms with E-state index >= 15 is 0 Å². The number of ether oxygens (including phenoxy) is 1. The van der Waals surface area contributed by atoms with Crippen LogP contribution in [0.5, 0.6) is 0 Å². The molecule has 2 rings (SSSR count). The molecular formula is C14H16BrNO4. The first-order chi connectivity index (χ1) is 9.56. The minimum atomic E-state index is -1.09. The van der Waals surface area contributed by atoms with Gasteiger partial charge in [-0.05, 0) is 36.5 Å². The molecule has 1 saturated carbocycles. The van der Waals surface area contributed by atoms with E-state index in [1.54, 1.807) is 24.3 Å². The Hall–Kier alpha value is -1.40.